The van der Waals surface area contributed by atoms with E-state index >= 15 is 0 Å². The van der Waals surface area contributed by atoms with E-state index in [0.717, 1.165) is 10.2 Å². The summed E-state index contributed by atoms with van der Waals surface area (Å²) in [6, 6.07) is 1.86. The second kappa shape index (κ2) is 4.93. The van der Waals surface area contributed by atoms with Crippen LogP contribution in [0, 0.1) is 0 Å². The van der Waals surface area contributed by atoms with E-state index in [2.05, 4.69) is 29.1 Å². The van der Waals surface area contributed by atoms with Crippen molar-refractivity contribution in [2.24, 2.45) is 7.05 Å². The molecule has 0 atom stereocenters. The van der Waals surface area contributed by atoms with Gasteiger partial charge in [-0.15, -0.1) is 13.2 Å². The highest BCUT2D eigenvalue weighted by Gasteiger charge is 2.07. The highest BCUT2D eigenvalue weighted by molar-refractivity contribution is 9.10. The zero-order valence-corrected chi connectivity index (χ0v) is 8.89. The van der Waals surface area contributed by atoms with Crippen LogP contribution < -0.4 is 0 Å². The first-order valence-corrected chi connectivity index (χ1v) is 4.24. The molecule has 0 fully saturated rings. The van der Waals surface area contributed by atoms with E-state index in [1.165, 1.54) is 0 Å². The van der Waals surface area contributed by atoms with Gasteiger partial charge in [0.15, 0.2) is 5.78 Å². The topological polar surface area (TPSA) is 22.0 Å². The van der Waals surface area contributed by atoms with Gasteiger partial charge >= 0.3 is 0 Å². The average molecular weight is 230 g/mol. The van der Waals surface area contributed by atoms with Gasteiger partial charge in [-0.3, -0.25) is 4.79 Å². The molecule has 0 amide bonds. The minimum atomic E-state index is 0.0828. The van der Waals surface area contributed by atoms with Crippen LogP contribution in [0.5, 0.6) is 0 Å². The molecule has 66 valence electrons. The minimum Gasteiger partial charge on any atom is -0.347 e. The highest BCUT2D eigenvalue weighted by Crippen LogP contribution is 2.16. The third-order valence-electron chi connectivity index (χ3n) is 1.36. The molecule has 0 aliphatic carbocycles. The summed E-state index contributed by atoms with van der Waals surface area (Å²) in [7, 11) is 1.85. The largest absolute Gasteiger partial charge is 0.347 e. The Hall–Kier alpha value is -0.830. The van der Waals surface area contributed by atoms with Crippen molar-refractivity contribution in [3.63, 3.8) is 0 Å². The van der Waals surface area contributed by atoms with E-state index in [4.69, 9.17) is 0 Å². The SMILES string of the molecule is C=C.CC(=O)c1c(Br)ccn1C. The molecule has 1 aromatic rings. The monoisotopic (exact) mass is 229 g/mol. The standard InChI is InChI=1S/C7H8BrNO.C2H4/c1-5(10)7-6(8)3-4-9(7)2;1-2/h3-4H,1-2H3;1-2H2. The highest BCUT2D eigenvalue weighted by atomic mass is 79.9. The Kier molecular flexibility index (Phi) is 4.59. The molecule has 1 rings (SSSR count). The Morgan fingerprint density at radius 3 is 2.25 bits per heavy atom. The summed E-state index contributed by atoms with van der Waals surface area (Å²) in [5.41, 5.74) is 0.722. The normalized spacial score (nSPS) is 8.58. The van der Waals surface area contributed by atoms with Crippen molar-refractivity contribution in [2.75, 3.05) is 0 Å². The fourth-order valence-electron chi connectivity index (χ4n) is 0.916. The summed E-state index contributed by atoms with van der Waals surface area (Å²) in [6.45, 7) is 7.56. The number of carbonyl (C=O) groups excluding carboxylic acids is 1. The van der Waals surface area contributed by atoms with Crippen LogP contribution in [0.1, 0.15) is 17.4 Å². The molecule has 1 heterocycles. The molecule has 0 bridgehead atoms. The first-order chi connectivity index (χ1) is 5.63. The maximum atomic E-state index is 10.9. The summed E-state index contributed by atoms with van der Waals surface area (Å²) in [4.78, 5) is 10.9. The second-order valence-corrected chi connectivity index (χ2v) is 3.03. The molecule has 12 heavy (non-hydrogen) atoms. The second-order valence-electron chi connectivity index (χ2n) is 2.18. The summed E-state index contributed by atoms with van der Waals surface area (Å²) < 4.78 is 2.66. The molecule has 0 unspecified atom stereocenters. The van der Waals surface area contributed by atoms with Gasteiger partial charge in [0.1, 0.15) is 0 Å². The Labute approximate surface area is 81.0 Å². The van der Waals surface area contributed by atoms with E-state index in [1.54, 1.807) is 11.5 Å². The molecular formula is C9H12BrNO. The van der Waals surface area contributed by atoms with Crippen molar-refractivity contribution in [1.29, 1.82) is 0 Å². The summed E-state index contributed by atoms with van der Waals surface area (Å²) >= 11 is 3.28. The predicted molar refractivity (Wildman–Crippen MR) is 54.4 cm³/mol. The van der Waals surface area contributed by atoms with E-state index in [9.17, 15) is 4.79 Å². The molecule has 3 heteroatoms. The summed E-state index contributed by atoms with van der Waals surface area (Å²) in [5, 5.41) is 0. The van der Waals surface area contributed by atoms with Gasteiger partial charge in [-0.1, -0.05) is 0 Å². The lowest BCUT2D eigenvalue weighted by Gasteiger charge is -1.96. The molecule has 0 radical (unpaired) electrons. The van der Waals surface area contributed by atoms with Gasteiger partial charge in [0.25, 0.3) is 0 Å². The minimum absolute atomic E-state index is 0.0828. The smallest absolute Gasteiger partial charge is 0.177 e. The fourth-order valence-corrected chi connectivity index (χ4v) is 1.59. The number of hydrogen-bond donors (Lipinski definition) is 0. The fraction of sp³-hybridized carbons (Fsp3) is 0.222. The van der Waals surface area contributed by atoms with Gasteiger partial charge in [0, 0.05) is 24.6 Å². The van der Waals surface area contributed by atoms with Crippen molar-refractivity contribution in [3.8, 4) is 0 Å². The number of halogens is 1. The third-order valence-corrected chi connectivity index (χ3v) is 2.00. The molecule has 0 aliphatic heterocycles. The number of aromatic nitrogens is 1. The van der Waals surface area contributed by atoms with Crippen molar-refractivity contribution < 1.29 is 4.79 Å². The van der Waals surface area contributed by atoms with Gasteiger partial charge in [0.05, 0.1) is 5.69 Å². The number of rotatable bonds is 1. The van der Waals surface area contributed by atoms with Crippen molar-refractivity contribution in [2.45, 2.75) is 6.92 Å². The van der Waals surface area contributed by atoms with Gasteiger partial charge in [0.2, 0.25) is 0 Å². The zero-order chi connectivity index (χ0) is 9.72. The van der Waals surface area contributed by atoms with Gasteiger partial charge in [-0.05, 0) is 22.0 Å². The number of hydrogen-bond acceptors (Lipinski definition) is 1. The van der Waals surface area contributed by atoms with Crippen molar-refractivity contribution in [3.05, 3.63) is 35.6 Å². The lowest BCUT2D eigenvalue weighted by molar-refractivity contribution is 0.100. The Morgan fingerprint density at radius 1 is 1.58 bits per heavy atom. The molecule has 0 saturated heterocycles. The maximum absolute atomic E-state index is 10.9. The number of ketones is 1. The lowest BCUT2D eigenvalue weighted by Crippen LogP contribution is -2.00. The van der Waals surface area contributed by atoms with E-state index in [-0.39, 0.29) is 5.78 Å². The zero-order valence-electron chi connectivity index (χ0n) is 7.30. The van der Waals surface area contributed by atoms with Gasteiger partial charge in [-0.2, -0.15) is 0 Å². The molecule has 0 aromatic carbocycles. The van der Waals surface area contributed by atoms with E-state index in [0.29, 0.717) is 0 Å². The number of Topliss-reactive ketones (excluding diaryl/α,β-unsaturated/α-hetero) is 1. The van der Waals surface area contributed by atoms with Crippen LogP contribution >= 0.6 is 15.9 Å². The third kappa shape index (κ3) is 2.34. The first-order valence-electron chi connectivity index (χ1n) is 3.44. The molecule has 0 N–H and O–H groups in total. The molecule has 0 saturated carbocycles. The van der Waals surface area contributed by atoms with Crippen LogP contribution in [0.15, 0.2) is 29.9 Å². The van der Waals surface area contributed by atoms with Gasteiger partial charge in [-0.25, -0.2) is 0 Å². The van der Waals surface area contributed by atoms with E-state index < -0.39 is 0 Å². The Morgan fingerprint density at radius 2 is 2.08 bits per heavy atom. The quantitative estimate of drug-likeness (QED) is 0.537. The summed E-state index contributed by atoms with van der Waals surface area (Å²) in [6.07, 6.45) is 1.85. The molecule has 1 aromatic heterocycles. The predicted octanol–water partition coefficient (Wildman–Crippen LogP) is 2.79. The van der Waals surface area contributed by atoms with Crippen molar-refractivity contribution in [1.82, 2.24) is 4.57 Å². The number of nitrogens with zero attached hydrogens (tertiary/aromatic N) is 1. The molecule has 2 nitrogen and oxygen atoms in total. The lowest BCUT2D eigenvalue weighted by atomic mass is 10.3. The molecule has 0 spiro atoms. The summed E-state index contributed by atoms with van der Waals surface area (Å²) in [5.74, 6) is 0.0828. The number of carbonyl (C=O) groups is 1. The first kappa shape index (κ1) is 11.2. The van der Waals surface area contributed by atoms with Crippen LogP contribution in [0.25, 0.3) is 0 Å². The maximum Gasteiger partial charge on any atom is 0.177 e. The number of aryl methyl sites for hydroxylation is 1. The average Bonchev–Trinajstić information content (AvgIpc) is 2.35. The van der Waals surface area contributed by atoms with Gasteiger partial charge < -0.3 is 4.57 Å². The molecule has 0 aliphatic rings. The van der Waals surface area contributed by atoms with Crippen LogP contribution in [0.4, 0.5) is 0 Å². The van der Waals surface area contributed by atoms with Crippen LogP contribution in [-0.2, 0) is 7.05 Å². The van der Waals surface area contributed by atoms with Crippen LogP contribution in [0.2, 0.25) is 0 Å². The Balaban J connectivity index is 0.000000561. The molecular weight excluding hydrogens is 218 g/mol. The Bertz CT molecular complexity index is 259. The van der Waals surface area contributed by atoms with E-state index in [1.807, 2.05) is 19.3 Å². The van der Waals surface area contributed by atoms with Crippen molar-refractivity contribution >= 4 is 21.7 Å². The van der Waals surface area contributed by atoms with Crippen LogP contribution in [0.3, 0.4) is 0 Å². The van der Waals surface area contributed by atoms with Crippen LogP contribution in [-0.4, -0.2) is 10.4 Å².